The number of nitrogens with one attached hydrogen (secondary N) is 3. The second-order valence-corrected chi connectivity index (χ2v) is 9.47. The van der Waals surface area contributed by atoms with Crippen molar-refractivity contribution in [3.63, 3.8) is 0 Å². The number of benzene rings is 1. The normalized spacial score (nSPS) is 18.9. The van der Waals surface area contributed by atoms with Gasteiger partial charge in [-0.2, -0.15) is 10.1 Å². The molecular weight excluding hydrogens is 420 g/mol. The molecular formula is C23H32N8O2. The lowest BCUT2D eigenvalue weighted by Gasteiger charge is -2.39. The highest BCUT2D eigenvalue weighted by atomic mass is 16.6. The van der Waals surface area contributed by atoms with Crippen molar-refractivity contribution in [3.05, 3.63) is 24.3 Å². The third kappa shape index (κ3) is 5.10. The maximum Gasteiger partial charge on any atom is 0.407 e. The first-order chi connectivity index (χ1) is 15.6. The third-order valence-corrected chi connectivity index (χ3v) is 5.72. The Kier molecular flexibility index (Phi) is 6.01. The van der Waals surface area contributed by atoms with Gasteiger partial charge in [-0.25, -0.2) is 9.78 Å². The number of hydrogen-bond acceptors (Lipinski definition) is 8. The molecule has 0 radical (unpaired) electrons. The first kappa shape index (κ1) is 22.6. The lowest BCUT2D eigenvalue weighted by Crippen LogP contribution is -2.52. The maximum absolute atomic E-state index is 12.3. The van der Waals surface area contributed by atoms with E-state index in [1.165, 1.54) is 0 Å². The van der Waals surface area contributed by atoms with Crippen molar-refractivity contribution in [1.29, 1.82) is 0 Å². The zero-order valence-corrected chi connectivity index (χ0v) is 19.8. The Hall–Kier alpha value is -3.56. The van der Waals surface area contributed by atoms with Gasteiger partial charge in [-0.3, -0.25) is 5.10 Å². The van der Waals surface area contributed by atoms with Gasteiger partial charge in [-0.05, 0) is 52.7 Å². The van der Waals surface area contributed by atoms with E-state index in [1.807, 2.05) is 52.1 Å². The molecule has 2 aromatic heterocycles. The number of nitrogen functional groups attached to an aromatic ring is 1. The number of carbonyl (C=O) groups is 1. The van der Waals surface area contributed by atoms with Crippen molar-refractivity contribution >= 4 is 34.6 Å². The molecule has 2 atom stereocenters. The highest BCUT2D eigenvalue weighted by molar-refractivity contribution is 5.92. The number of anilines is 3. The molecule has 1 aliphatic rings. The summed E-state index contributed by atoms with van der Waals surface area (Å²) in [5.41, 5.74) is 8.12. The number of carbonyl (C=O) groups excluding carboxylic acids is 1. The highest BCUT2D eigenvalue weighted by Crippen LogP contribution is 2.30. The summed E-state index contributed by atoms with van der Waals surface area (Å²) < 4.78 is 5.42. The number of alkyl carbamates (subject to hydrolysis) is 1. The molecule has 2 unspecified atom stereocenters. The van der Waals surface area contributed by atoms with Gasteiger partial charge in [0.1, 0.15) is 11.4 Å². The van der Waals surface area contributed by atoms with E-state index in [-0.39, 0.29) is 18.0 Å². The van der Waals surface area contributed by atoms with Gasteiger partial charge in [0.2, 0.25) is 5.95 Å². The van der Waals surface area contributed by atoms with Crippen molar-refractivity contribution < 1.29 is 9.53 Å². The largest absolute Gasteiger partial charge is 0.444 e. The Morgan fingerprint density at radius 1 is 1.24 bits per heavy atom. The van der Waals surface area contributed by atoms with Crippen LogP contribution in [0.3, 0.4) is 0 Å². The van der Waals surface area contributed by atoms with E-state index in [9.17, 15) is 4.79 Å². The van der Waals surface area contributed by atoms with Gasteiger partial charge < -0.3 is 26.0 Å². The van der Waals surface area contributed by atoms with E-state index >= 15 is 0 Å². The highest BCUT2D eigenvalue weighted by Gasteiger charge is 2.29. The van der Waals surface area contributed by atoms with E-state index in [0.29, 0.717) is 6.54 Å². The van der Waals surface area contributed by atoms with Crippen molar-refractivity contribution in [2.24, 2.45) is 0 Å². The number of aromatic amines is 1. The minimum Gasteiger partial charge on any atom is -0.444 e. The first-order valence-electron chi connectivity index (χ1n) is 11.2. The van der Waals surface area contributed by atoms with Crippen LogP contribution in [0.25, 0.3) is 22.2 Å². The molecule has 0 saturated carbocycles. The SMILES string of the molecule is CNc1n[nH]c2cc(-c3cc(N4CC(NC(=O)OC(C)(C)C)CCC4C)nc(N)n3)ccc12. The van der Waals surface area contributed by atoms with Gasteiger partial charge in [0, 0.05) is 42.7 Å². The zero-order valence-electron chi connectivity index (χ0n) is 19.8. The van der Waals surface area contributed by atoms with E-state index < -0.39 is 11.7 Å². The fraction of sp³-hybridized carbons (Fsp3) is 0.478. The molecule has 1 amide bonds. The number of nitrogens with zero attached hydrogens (tertiary/aromatic N) is 4. The monoisotopic (exact) mass is 452 g/mol. The van der Waals surface area contributed by atoms with Crippen LogP contribution in [-0.4, -0.2) is 57.5 Å². The molecule has 176 valence electrons. The zero-order chi connectivity index (χ0) is 23.8. The minimum absolute atomic E-state index is 0.0444. The molecule has 1 aliphatic heterocycles. The van der Waals surface area contributed by atoms with E-state index in [4.69, 9.17) is 10.5 Å². The number of H-pyrrole nitrogens is 1. The number of ether oxygens (including phenoxy) is 1. The van der Waals surface area contributed by atoms with Crippen LogP contribution in [0.4, 0.5) is 22.4 Å². The maximum atomic E-state index is 12.3. The van der Waals surface area contributed by atoms with Crippen LogP contribution >= 0.6 is 0 Å². The second kappa shape index (κ2) is 8.76. The van der Waals surface area contributed by atoms with Crippen LogP contribution < -0.4 is 21.3 Å². The Labute approximate surface area is 193 Å². The second-order valence-electron chi connectivity index (χ2n) is 9.47. The van der Waals surface area contributed by atoms with Crippen LogP contribution in [0, 0.1) is 0 Å². The molecule has 4 rings (SSSR count). The number of aromatic nitrogens is 4. The average Bonchev–Trinajstić information content (AvgIpc) is 3.15. The van der Waals surface area contributed by atoms with Crippen LogP contribution in [-0.2, 0) is 4.74 Å². The summed E-state index contributed by atoms with van der Waals surface area (Å²) in [6.45, 7) is 8.33. The topological polar surface area (TPSA) is 134 Å². The Morgan fingerprint density at radius 2 is 2.03 bits per heavy atom. The number of amides is 1. The van der Waals surface area contributed by atoms with Gasteiger partial charge in [0.05, 0.1) is 11.2 Å². The molecule has 0 bridgehead atoms. The van der Waals surface area contributed by atoms with Gasteiger partial charge in [-0.15, -0.1) is 0 Å². The smallest absolute Gasteiger partial charge is 0.407 e. The Bertz CT molecular complexity index is 1150. The van der Waals surface area contributed by atoms with E-state index in [2.05, 4.69) is 42.6 Å². The average molecular weight is 453 g/mol. The summed E-state index contributed by atoms with van der Waals surface area (Å²) in [5, 5.41) is 14.4. The lowest BCUT2D eigenvalue weighted by atomic mass is 9.99. The van der Waals surface area contributed by atoms with E-state index in [0.717, 1.165) is 46.6 Å². The van der Waals surface area contributed by atoms with Crippen LogP contribution in [0.2, 0.25) is 0 Å². The summed E-state index contributed by atoms with van der Waals surface area (Å²) in [7, 11) is 1.84. The summed E-state index contributed by atoms with van der Waals surface area (Å²) in [5.74, 6) is 1.74. The fourth-order valence-corrected chi connectivity index (χ4v) is 4.14. The predicted octanol–water partition coefficient (Wildman–Crippen LogP) is 3.53. The van der Waals surface area contributed by atoms with E-state index in [1.54, 1.807) is 0 Å². The van der Waals surface area contributed by atoms with Crippen molar-refractivity contribution in [2.45, 2.75) is 58.2 Å². The summed E-state index contributed by atoms with van der Waals surface area (Å²) in [6, 6.07) is 8.15. The number of fused-ring (bicyclic) bond motifs is 1. The molecule has 1 saturated heterocycles. The molecule has 5 N–H and O–H groups in total. The quantitative estimate of drug-likeness (QED) is 0.472. The number of nitrogens with two attached hydrogens (primary N) is 1. The molecule has 33 heavy (non-hydrogen) atoms. The van der Waals surface area contributed by atoms with Crippen LogP contribution in [0.5, 0.6) is 0 Å². The molecule has 3 aromatic rings. The standard InChI is InChI=1S/C23H32N8O2/c1-13-6-8-15(26-22(32)33-23(2,3)4)12-31(13)19-11-17(27-21(24)28-19)14-7-9-16-18(10-14)29-30-20(16)25-5/h7,9-11,13,15H,6,8,12H2,1-5H3,(H,26,32)(H2,24,27,28)(H2,25,29,30). The van der Waals surface area contributed by atoms with Crippen molar-refractivity contribution in [3.8, 4) is 11.3 Å². The molecule has 0 aliphatic carbocycles. The number of piperidine rings is 1. The summed E-state index contributed by atoms with van der Waals surface area (Å²) >= 11 is 0. The third-order valence-electron chi connectivity index (χ3n) is 5.72. The molecule has 1 fully saturated rings. The molecule has 10 heteroatoms. The Morgan fingerprint density at radius 3 is 2.76 bits per heavy atom. The minimum atomic E-state index is -0.536. The van der Waals surface area contributed by atoms with Gasteiger partial charge >= 0.3 is 6.09 Å². The van der Waals surface area contributed by atoms with Gasteiger partial charge in [0.15, 0.2) is 5.82 Å². The van der Waals surface area contributed by atoms with Gasteiger partial charge in [0.25, 0.3) is 0 Å². The van der Waals surface area contributed by atoms with Crippen molar-refractivity contribution in [1.82, 2.24) is 25.5 Å². The number of rotatable bonds is 4. The summed E-state index contributed by atoms with van der Waals surface area (Å²) in [6.07, 6.45) is 1.38. The predicted molar refractivity (Wildman–Crippen MR) is 130 cm³/mol. The van der Waals surface area contributed by atoms with Crippen molar-refractivity contribution in [2.75, 3.05) is 29.5 Å². The first-order valence-corrected chi connectivity index (χ1v) is 11.2. The van der Waals surface area contributed by atoms with Crippen LogP contribution in [0.1, 0.15) is 40.5 Å². The number of hydrogen-bond donors (Lipinski definition) is 4. The molecule has 3 heterocycles. The fourth-order valence-electron chi connectivity index (χ4n) is 4.14. The lowest BCUT2D eigenvalue weighted by molar-refractivity contribution is 0.0497. The molecule has 10 nitrogen and oxygen atoms in total. The molecule has 0 spiro atoms. The van der Waals surface area contributed by atoms with Gasteiger partial charge in [-0.1, -0.05) is 6.07 Å². The van der Waals surface area contributed by atoms with Crippen LogP contribution in [0.15, 0.2) is 24.3 Å². The molecule has 1 aromatic carbocycles. The summed E-state index contributed by atoms with van der Waals surface area (Å²) in [4.78, 5) is 23.4. The Balaban J connectivity index is 1.58.